The molecule has 0 spiro atoms. The molecule has 1 unspecified atom stereocenters. The van der Waals surface area contributed by atoms with E-state index in [1.54, 1.807) is 0 Å². The monoisotopic (exact) mass is 547 g/mol. The van der Waals surface area contributed by atoms with Gasteiger partial charge in [0.15, 0.2) is 0 Å². The number of nitrogens with zero attached hydrogens (tertiary/aromatic N) is 2. The molecule has 1 aliphatic heterocycles. The molecular weight excluding hydrogens is 472 g/mol. The van der Waals surface area contributed by atoms with Crippen LogP contribution in [0.3, 0.4) is 0 Å². The van der Waals surface area contributed by atoms with Crippen molar-refractivity contribution in [1.82, 2.24) is 9.80 Å². The van der Waals surface area contributed by atoms with Gasteiger partial charge in [0, 0.05) is 25.5 Å². The molecule has 232 valence electrons. The zero-order valence-electron chi connectivity index (χ0n) is 27.5. The van der Waals surface area contributed by atoms with Gasteiger partial charge in [0.05, 0.1) is 0 Å². The van der Waals surface area contributed by atoms with Crippen LogP contribution in [-0.2, 0) is 0 Å². The van der Waals surface area contributed by atoms with E-state index >= 15 is 0 Å². The second-order valence-corrected chi connectivity index (χ2v) is 12.9. The van der Waals surface area contributed by atoms with E-state index in [9.17, 15) is 0 Å². The highest BCUT2D eigenvalue weighted by atomic mass is 15.4. The Bertz CT molecular complexity index is 502. The fraction of sp³-hybridized carbons (Fsp3) is 0.946. The van der Waals surface area contributed by atoms with Gasteiger partial charge in [-0.3, -0.25) is 0 Å². The average Bonchev–Trinajstić information content (AvgIpc) is 3.33. The Balaban J connectivity index is 2.16. The largest absolute Gasteiger partial charge is 0.356 e. The summed E-state index contributed by atoms with van der Waals surface area (Å²) in [6.07, 6.45) is 46.9. The standard InChI is InChI=1S/C37H74N2/c1-4-7-10-13-15-17-19-21-23-25-28-31-34-39-36-35-38(37(39)32-29-26-12-9-6-3)33-30-27-24-22-20-18-16-14-11-8-5-2/h35-37H,4-34H2,1-3H3. The second-order valence-electron chi connectivity index (χ2n) is 12.9. The van der Waals surface area contributed by atoms with Crippen molar-refractivity contribution in [1.29, 1.82) is 0 Å². The van der Waals surface area contributed by atoms with Crippen LogP contribution in [0.25, 0.3) is 0 Å². The van der Waals surface area contributed by atoms with Gasteiger partial charge in [-0.15, -0.1) is 0 Å². The van der Waals surface area contributed by atoms with Gasteiger partial charge < -0.3 is 9.80 Å². The molecule has 1 atom stereocenters. The fourth-order valence-corrected chi connectivity index (χ4v) is 6.36. The summed E-state index contributed by atoms with van der Waals surface area (Å²) in [5.74, 6) is 0. The summed E-state index contributed by atoms with van der Waals surface area (Å²) in [5, 5.41) is 0. The molecule has 1 aliphatic rings. The van der Waals surface area contributed by atoms with Crippen LogP contribution in [0.15, 0.2) is 12.4 Å². The number of hydrogen-bond acceptors (Lipinski definition) is 2. The Hall–Kier alpha value is -0.660. The summed E-state index contributed by atoms with van der Waals surface area (Å²) in [6.45, 7) is 9.48. The minimum Gasteiger partial charge on any atom is -0.356 e. The molecule has 1 rings (SSSR count). The highest BCUT2D eigenvalue weighted by molar-refractivity contribution is 4.97. The number of unbranched alkanes of at least 4 members (excludes halogenated alkanes) is 25. The van der Waals surface area contributed by atoms with Gasteiger partial charge >= 0.3 is 0 Å². The van der Waals surface area contributed by atoms with Crippen LogP contribution in [0, 0.1) is 0 Å². The van der Waals surface area contributed by atoms with Crippen molar-refractivity contribution in [3.63, 3.8) is 0 Å². The first-order valence-corrected chi connectivity index (χ1v) is 18.5. The van der Waals surface area contributed by atoms with Crippen molar-refractivity contribution in [2.75, 3.05) is 13.1 Å². The minimum absolute atomic E-state index is 0.641. The summed E-state index contributed by atoms with van der Waals surface area (Å²) >= 11 is 0. The van der Waals surface area contributed by atoms with Gasteiger partial charge in [-0.25, -0.2) is 0 Å². The molecule has 0 amide bonds. The molecule has 2 heteroatoms. The summed E-state index contributed by atoms with van der Waals surface area (Å²) in [4.78, 5) is 5.41. The predicted molar refractivity (Wildman–Crippen MR) is 177 cm³/mol. The third-order valence-corrected chi connectivity index (χ3v) is 9.07. The smallest absolute Gasteiger partial charge is 0.101 e. The van der Waals surface area contributed by atoms with Gasteiger partial charge in [-0.2, -0.15) is 0 Å². The normalized spacial score (nSPS) is 15.2. The lowest BCUT2D eigenvalue weighted by molar-refractivity contribution is 0.135. The Kier molecular flexibility index (Phi) is 26.9. The van der Waals surface area contributed by atoms with Crippen molar-refractivity contribution in [3.05, 3.63) is 12.4 Å². The SMILES string of the molecule is CCCCCCCCCCCCCCN1C=CN(CCCCCCCCCCCCC)C1CCCCCCC. The van der Waals surface area contributed by atoms with E-state index in [0.29, 0.717) is 6.17 Å². The quantitative estimate of drug-likeness (QED) is 0.0798. The van der Waals surface area contributed by atoms with Crippen molar-refractivity contribution in [2.24, 2.45) is 0 Å². The molecule has 0 N–H and O–H groups in total. The van der Waals surface area contributed by atoms with Gasteiger partial charge in [0.2, 0.25) is 0 Å². The topological polar surface area (TPSA) is 6.48 Å². The van der Waals surface area contributed by atoms with E-state index in [2.05, 4.69) is 43.0 Å². The summed E-state index contributed by atoms with van der Waals surface area (Å²) in [6, 6.07) is 0. The van der Waals surface area contributed by atoms with Gasteiger partial charge in [0.1, 0.15) is 6.17 Å². The van der Waals surface area contributed by atoms with Crippen molar-refractivity contribution in [3.8, 4) is 0 Å². The third-order valence-electron chi connectivity index (χ3n) is 9.07. The molecule has 0 fully saturated rings. The van der Waals surface area contributed by atoms with E-state index < -0.39 is 0 Å². The molecule has 0 saturated heterocycles. The third kappa shape index (κ3) is 21.7. The molecule has 1 heterocycles. The highest BCUT2D eigenvalue weighted by Gasteiger charge is 2.24. The zero-order valence-corrected chi connectivity index (χ0v) is 27.5. The van der Waals surface area contributed by atoms with E-state index in [0.717, 1.165) is 0 Å². The van der Waals surface area contributed by atoms with Crippen molar-refractivity contribution < 1.29 is 0 Å². The first kappa shape index (κ1) is 36.4. The van der Waals surface area contributed by atoms with E-state index in [-0.39, 0.29) is 0 Å². The maximum absolute atomic E-state index is 2.70. The van der Waals surface area contributed by atoms with Crippen LogP contribution in [0.4, 0.5) is 0 Å². The lowest BCUT2D eigenvalue weighted by atomic mass is 10.0. The molecule has 0 aromatic rings. The molecular formula is C37H74N2. The van der Waals surface area contributed by atoms with Crippen LogP contribution in [-0.4, -0.2) is 29.1 Å². The molecule has 0 bridgehead atoms. The summed E-state index contributed by atoms with van der Waals surface area (Å²) in [7, 11) is 0. The van der Waals surface area contributed by atoms with Crippen LogP contribution in [0.2, 0.25) is 0 Å². The van der Waals surface area contributed by atoms with Gasteiger partial charge in [0.25, 0.3) is 0 Å². The summed E-state index contributed by atoms with van der Waals surface area (Å²) < 4.78 is 0. The van der Waals surface area contributed by atoms with Crippen molar-refractivity contribution >= 4 is 0 Å². The lowest BCUT2D eigenvalue weighted by Crippen LogP contribution is -2.39. The maximum Gasteiger partial charge on any atom is 0.101 e. The van der Waals surface area contributed by atoms with Crippen LogP contribution in [0.5, 0.6) is 0 Å². The average molecular weight is 547 g/mol. The molecule has 0 aromatic heterocycles. The lowest BCUT2D eigenvalue weighted by Gasteiger charge is -2.33. The van der Waals surface area contributed by atoms with Crippen molar-refractivity contribution in [2.45, 2.75) is 213 Å². The van der Waals surface area contributed by atoms with Crippen LogP contribution in [0.1, 0.15) is 207 Å². The highest BCUT2D eigenvalue weighted by Crippen LogP contribution is 2.24. The first-order chi connectivity index (χ1) is 19.3. The Labute approximate surface area is 248 Å². The molecule has 0 aliphatic carbocycles. The Morgan fingerprint density at radius 3 is 0.897 bits per heavy atom. The second kappa shape index (κ2) is 28.9. The van der Waals surface area contributed by atoms with Gasteiger partial charge in [-0.1, -0.05) is 181 Å². The number of rotatable bonds is 31. The molecule has 0 aromatic carbocycles. The fourth-order valence-electron chi connectivity index (χ4n) is 6.36. The first-order valence-electron chi connectivity index (χ1n) is 18.5. The Morgan fingerprint density at radius 1 is 0.333 bits per heavy atom. The molecule has 39 heavy (non-hydrogen) atoms. The van der Waals surface area contributed by atoms with Crippen LogP contribution < -0.4 is 0 Å². The molecule has 0 saturated carbocycles. The molecule has 2 nitrogen and oxygen atoms in total. The zero-order chi connectivity index (χ0) is 28.1. The van der Waals surface area contributed by atoms with Gasteiger partial charge in [-0.05, 0) is 25.7 Å². The van der Waals surface area contributed by atoms with E-state index in [4.69, 9.17) is 0 Å². The van der Waals surface area contributed by atoms with Crippen LogP contribution >= 0.6 is 0 Å². The molecule has 0 radical (unpaired) electrons. The predicted octanol–water partition coefficient (Wildman–Crippen LogP) is 12.8. The Morgan fingerprint density at radius 2 is 0.590 bits per heavy atom. The van der Waals surface area contributed by atoms with E-state index in [1.807, 2.05) is 0 Å². The maximum atomic E-state index is 2.70. The number of hydrogen-bond donors (Lipinski definition) is 0. The van der Waals surface area contributed by atoms with E-state index in [1.165, 1.54) is 199 Å². The summed E-state index contributed by atoms with van der Waals surface area (Å²) in [5.41, 5.74) is 0. The minimum atomic E-state index is 0.641.